The summed E-state index contributed by atoms with van der Waals surface area (Å²) in [5.41, 5.74) is 2.34. The number of pyridine rings is 1. The van der Waals surface area contributed by atoms with Gasteiger partial charge in [0.15, 0.2) is 0 Å². The van der Waals surface area contributed by atoms with Gasteiger partial charge in [-0.05, 0) is 60.2 Å². The number of aromatic nitrogens is 1. The van der Waals surface area contributed by atoms with E-state index >= 15 is 0 Å². The highest BCUT2D eigenvalue weighted by molar-refractivity contribution is 6.39. The van der Waals surface area contributed by atoms with E-state index in [0.29, 0.717) is 28.3 Å². The third-order valence-electron chi connectivity index (χ3n) is 5.51. The van der Waals surface area contributed by atoms with E-state index in [9.17, 15) is 19.5 Å². The highest BCUT2D eigenvalue weighted by atomic mass is 35.5. The molecule has 4 N–H and O–H groups in total. The van der Waals surface area contributed by atoms with Gasteiger partial charge in [0.25, 0.3) is 11.8 Å². The number of halogens is 2. The first kappa shape index (κ1) is 26.7. The van der Waals surface area contributed by atoms with Crippen LogP contribution in [0.2, 0.25) is 10.0 Å². The van der Waals surface area contributed by atoms with Crippen molar-refractivity contribution in [2.75, 3.05) is 10.6 Å². The van der Waals surface area contributed by atoms with Gasteiger partial charge in [-0.3, -0.25) is 9.59 Å². The van der Waals surface area contributed by atoms with Gasteiger partial charge in [0, 0.05) is 29.6 Å². The Bertz CT molecular complexity index is 1440. The van der Waals surface area contributed by atoms with Crippen molar-refractivity contribution in [1.29, 1.82) is 0 Å². The second-order valence-corrected chi connectivity index (χ2v) is 9.05. The number of benzene rings is 3. The predicted octanol–water partition coefficient (Wildman–Crippen LogP) is 5.81. The smallest absolute Gasteiger partial charge is 0.326 e. The number of amides is 2. The van der Waals surface area contributed by atoms with Crippen LogP contribution >= 0.6 is 23.2 Å². The molecule has 38 heavy (non-hydrogen) atoms. The first-order valence-electron chi connectivity index (χ1n) is 11.5. The summed E-state index contributed by atoms with van der Waals surface area (Å²) in [6.45, 7) is 0. The van der Waals surface area contributed by atoms with Crippen molar-refractivity contribution in [2.45, 2.75) is 12.5 Å². The average Bonchev–Trinajstić information content (AvgIpc) is 2.90. The molecule has 8 nitrogen and oxygen atoms in total. The topological polar surface area (TPSA) is 120 Å². The van der Waals surface area contributed by atoms with Crippen LogP contribution in [0.5, 0.6) is 0 Å². The molecule has 0 aliphatic carbocycles. The van der Waals surface area contributed by atoms with Crippen molar-refractivity contribution in [3.8, 4) is 0 Å². The lowest BCUT2D eigenvalue weighted by atomic mass is 10.0. The summed E-state index contributed by atoms with van der Waals surface area (Å²) >= 11 is 12.1. The minimum Gasteiger partial charge on any atom is -0.480 e. The summed E-state index contributed by atoms with van der Waals surface area (Å²) in [5.74, 6) is -1.55. The molecule has 0 aliphatic rings. The van der Waals surface area contributed by atoms with Crippen molar-refractivity contribution in [3.05, 3.63) is 118 Å². The second-order valence-electron chi connectivity index (χ2n) is 8.24. The zero-order valence-corrected chi connectivity index (χ0v) is 21.3. The fraction of sp³-hybridized carbons (Fsp3) is 0.0714. The molecular formula is C28H22Cl2N4O4. The Morgan fingerprint density at radius 3 is 2.18 bits per heavy atom. The van der Waals surface area contributed by atoms with Crippen LogP contribution in [0.1, 0.15) is 26.3 Å². The third kappa shape index (κ3) is 6.88. The van der Waals surface area contributed by atoms with Crippen LogP contribution in [0.4, 0.5) is 17.2 Å². The molecule has 4 aromatic rings. The average molecular weight is 549 g/mol. The number of carbonyl (C=O) groups is 3. The molecule has 3 aromatic carbocycles. The zero-order valence-electron chi connectivity index (χ0n) is 19.8. The Morgan fingerprint density at radius 1 is 0.816 bits per heavy atom. The Balaban J connectivity index is 1.39. The number of anilines is 3. The highest BCUT2D eigenvalue weighted by Crippen LogP contribution is 2.24. The fourth-order valence-corrected chi connectivity index (χ4v) is 4.20. The van der Waals surface area contributed by atoms with Gasteiger partial charge in [0.05, 0.1) is 15.6 Å². The number of aliphatic carboxylic acids is 1. The number of carboxylic acids is 1. The predicted molar refractivity (Wildman–Crippen MR) is 147 cm³/mol. The van der Waals surface area contributed by atoms with E-state index in [4.69, 9.17) is 23.2 Å². The molecule has 0 saturated heterocycles. The van der Waals surface area contributed by atoms with Crippen LogP contribution in [0.15, 0.2) is 91.1 Å². The van der Waals surface area contributed by atoms with Crippen LogP contribution in [0.25, 0.3) is 0 Å². The van der Waals surface area contributed by atoms with E-state index in [1.165, 1.54) is 12.1 Å². The van der Waals surface area contributed by atoms with Crippen molar-refractivity contribution in [3.63, 3.8) is 0 Å². The van der Waals surface area contributed by atoms with Crippen LogP contribution in [-0.4, -0.2) is 33.9 Å². The maximum Gasteiger partial charge on any atom is 0.326 e. The summed E-state index contributed by atoms with van der Waals surface area (Å²) in [5, 5.41) is 18.3. The molecule has 192 valence electrons. The van der Waals surface area contributed by atoms with E-state index in [1.54, 1.807) is 54.7 Å². The monoisotopic (exact) mass is 548 g/mol. The van der Waals surface area contributed by atoms with Crippen molar-refractivity contribution < 1.29 is 19.5 Å². The lowest BCUT2D eigenvalue weighted by Gasteiger charge is -2.16. The first-order valence-corrected chi connectivity index (χ1v) is 12.2. The molecule has 0 radical (unpaired) electrons. The van der Waals surface area contributed by atoms with Gasteiger partial charge >= 0.3 is 5.97 Å². The van der Waals surface area contributed by atoms with Crippen LogP contribution in [0.3, 0.4) is 0 Å². The molecule has 1 atom stereocenters. The van der Waals surface area contributed by atoms with Gasteiger partial charge in [-0.2, -0.15) is 0 Å². The number of hydrogen-bond donors (Lipinski definition) is 4. The Morgan fingerprint density at radius 2 is 1.53 bits per heavy atom. The van der Waals surface area contributed by atoms with E-state index in [1.807, 2.05) is 24.3 Å². The molecule has 2 amide bonds. The molecule has 4 rings (SSSR count). The quantitative estimate of drug-likeness (QED) is 0.209. The van der Waals surface area contributed by atoms with Gasteiger partial charge in [-0.15, -0.1) is 0 Å². The Kier molecular flexibility index (Phi) is 8.58. The minimum absolute atomic E-state index is 0.0125. The minimum atomic E-state index is -1.22. The number of nitrogens with one attached hydrogen (secondary N) is 3. The van der Waals surface area contributed by atoms with Gasteiger partial charge < -0.3 is 21.1 Å². The molecule has 0 aliphatic heterocycles. The SMILES string of the molecule is O=C(Nc1ccc(C[C@H](NC(=O)c2c(Cl)cccc2Cl)C(=O)O)cc1)c1cccc(Nc2ccccn2)c1. The highest BCUT2D eigenvalue weighted by Gasteiger charge is 2.24. The molecule has 1 heterocycles. The molecule has 1 aromatic heterocycles. The lowest BCUT2D eigenvalue weighted by molar-refractivity contribution is -0.139. The molecule has 0 saturated carbocycles. The molecule has 10 heteroatoms. The van der Waals surface area contributed by atoms with Gasteiger partial charge in [0.1, 0.15) is 11.9 Å². The number of hydrogen-bond acceptors (Lipinski definition) is 5. The first-order chi connectivity index (χ1) is 18.3. The van der Waals surface area contributed by atoms with E-state index in [-0.39, 0.29) is 27.9 Å². The zero-order chi connectivity index (χ0) is 27.1. The van der Waals surface area contributed by atoms with E-state index in [2.05, 4.69) is 20.9 Å². The maximum absolute atomic E-state index is 12.8. The number of carbonyl (C=O) groups excluding carboxylic acids is 2. The van der Waals surface area contributed by atoms with Crippen molar-refractivity contribution in [1.82, 2.24) is 10.3 Å². The van der Waals surface area contributed by atoms with E-state index < -0.39 is 17.9 Å². The number of carboxylic acid groups (broad SMARTS) is 1. The summed E-state index contributed by atoms with van der Waals surface area (Å²) < 4.78 is 0. The Hall–Kier alpha value is -4.40. The fourth-order valence-electron chi connectivity index (χ4n) is 3.63. The number of nitrogens with zero attached hydrogens (tertiary/aromatic N) is 1. The molecule has 0 fully saturated rings. The van der Waals surface area contributed by atoms with E-state index in [0.717, 1.165) is 0 Å². The summed E-state index contributed by atoms with van der Waals surface area (Å²) in [4.78, 5) is 41.4. The number of rotatable bonds is 9. The normalized spacial score (nSPS) is 11.3. The summed E-state index contributed by atoms with van der Waals surface area (Å²) in [7, 11) is 0. The lowest BCUT2D eigenvalue weighted by Crippen LogP contribution is -2.42. The summed E-state index contributed by atoms with van der Waals surface area (Å²) in [6, 6.07) is 22.5. The second kappa shape index (κ2) is 12.2. The van der Waals surface area contributed by atoms with Gasteiger partial charge in [-0.1, -0.05) is 53.5 Å². The van der Waals surface area contributed by atoms with Crippen LogP contribution in [-0.2, 0) is 11.2 Å². The van der Waals surface area contributed by atoms with Gasteiger partial charge in [-0.25, -0.2) is 9.78 Å². The van der Waals surface area contributed by atoms with Crippen molar-refractivity contribution >= 4 is 58.2 Å². The largest absolute Gasteiger partial charge is 0.480 e. The Labute approximate surface area is 228 Å². The maximum atomic E-state index is 12.8. The van der Waals surface area contributed by atoms with Crippen LogP contribution in [0, 0.1) is 0 Å². The third-order valence-corrected chi connectivity index (χ3v) is 6.14. The van der Waals surface area contributed by atoms with Crippen LogP contribution < -0.4 is 16.0 Å². The van der Waals surface area contributed by atoms with Crippen molar-refractivity contribution in [2.24, 2.45) is 0 Å². The summed E-state index contributed by atoms with van der Waals surface area (Å²) in [6.07, 6.45) is 1.68. The molecule has 0 spiro atoms. The molecule has 0 unspecified atom stereocenters. The standard InChI is InChI=1S/C28H22Cl2N4O4/c29-21-7-4-8-22(30)25(21)27(36)34-23(28(37)38)15-17-10-12-19(13-11-17)33-26(35)18-5-3-6-20(16-18)32-24-9-1-2-14-31-24/h1-14,16,23H,15H2,(H,31,32)(H,33,35)(H,34,36)(H,37,38)/t23-/m0/s1. The molecular weight excluding hydrogens is 527 g/mol. The van der Waals surface area contributed by atoms with Gasteiger partial charge in [0.2, 0.25) is 0 Å². The molecule has 0 bridgehead atoms.